The van der Waals surface area contributed by atoms with Crippen molar-refractivity contribution >= 4 is 28.6 Å². The van der Waals surface area contributed by atoms with Crippen LogP contribution in [0.25, 0.3) is 22.2 Å². The van der Waals surface area contributed by atoms with E-state index in [1.54, 1.807) is 12.1 Å². The molecule has 0 aliphatic carbocycles. The molecular weight excluding hydrogens is 584 g/mol. The van der Waals surface area contributed by atoms with E-state index in [0.29, 0.717) is 12.3 Å². The van der Waals surface area contributed by atoms with Crippen molar-refractivity contribution in [3.8, 4) is 16.9 Å². The van der Waals surface area contributed by atoms with Gasteiger partial charge in [0.2, 0.25) is 0 Å². The fraction of sp³-hybridized carbons (Fsp3) is 0.350. The second-order valence-corrected chi connectivity index (χ2v) is 12.1. The number of imidazole rings is 1. The van der Waals surface area contributed by atoms with Gasteiger partial charge < -0.3 is 24.6 Å². The summed E-state index contributed by atoms with van der Waals surface area (Å²) in [5.74, 6) is 1.45. The molecule has 0 aliphatic rings. The summed E-state index contributed by atoms with van der Waals surface area (Å²) in [5.41, 5.74) is 7.48. The number of unbranched alkanes of at least 4 members (excludes halogenated alkanes) is 4. The largest absolute Gasteiger partial charge is 0.511 e. The number of hydrogen-bond donors (Lipinski definition) is 2. The van der Waals surface area contributed by atoms with Gasteiger partial charge in [-0.15, -0.1) is 0 Å². The Bertz CT molecular complexity index is 1700. The van der Waals surface area contributed by atoms with Crippen LogP contribution in [0.3, 0.4) is 0 Å². The Labute approximate surface area is 279 Å². The van der Waals surface area contributed by atoms with Crippen LogP contribution in [0.1, 0.15) is 70.2 Å². The summed E-state index contributed by atoms with van der Waals surface area (Å²) in [6, 6.07) is 32.8. The van der Waals surface area contributed by atoms with Gasteiger partial charge in [-0.1, -0.05) is 93.8 Å². The van der Waals surface area contributed by atoms with Crippen molar-refractivity contribution in [1.82, 2.24) is 9.55 Å². The summed E-state index contributed by atoms with van der Waals surface area (Å²) in [6.07, 6.45) is 7.69. The highest BCUT2D eigenvalue weighted by Crippen LogP contribution is 2.31. The Morgan fingerprint density at radius 1 is 0.830 bits per heavy atom. The Balaban J connectivity index is 1.36. The van der Waals surface area contributed by atoms with E-state index in [2.05, 4.69) is 83.2 Å². The molecule has 47 heavy (non-hydrogen) atoms. The third kappa shape index (κ3) is 9.38. The molecule has 0 fully saturated rings. The van der Waals surface area contributed by atoms with E-state index < -0.39 is 6.16 Å². The minimum Gasteiger partial charge on any atom is -0.449 e. The average Bonchev–Trinajstić information content (AvgIpc) is 3.43. The second kappa shape index (κ2) is 17.2. The third-order valence-corrected chi connectivity index (χ3v) is 8.61. The van der Waals surface area contributed by atoms with E-state index in [4.69, 9.17) is 9.72 Å². The Kier molecular flexibility index (Phi) is 12.3. The first kappa shape index (κ1) is 33.6. The van der Waals surface area contributed by atoms with Crippen LogP contribution in [0.15, 0.2) is 97.1 Å². The van der Waals surface area contributed by atoms with Crippen LogP contribution in [0.2, 0.25) is 0 Å². The summed E-state index contributed by atoms with van der Waals surface area (Å²) in [5, 5.41) is 12.7. The number of para-hydroxylation sites is 2. The highest BCUT2D eigenvalue weighted by Gasteiger charge is 2.15. The second-order valence-electron chi connectivity index (χ2n) is 12.1. The molecule has 0 unspecified atom stereocenters. The standard InChI is InChI=1S/C40H48N4O3/c1-3-5-13-27-43(28-14-12-26-41-33-15-8-7-9-16-33)34-24-25-36-37(29-34)44(39(42-36)19-6-4-2)30-31-20-22-32(23-21-31)35-17-10-11-18-38(35)47-40(45)46/h7-11,15-18,20-25,29,41H,3-6,12-14,19,26-28,30H2,1-2H3,(H,45,46). The Hall–Kier alpha value is -4.78. The van der Waals surface area contributed by atoms with E-state index in [1.807, 2.05) is 30.3 Å². The van der Waals surface area contributed by atoms with Crippen molar-refractivity contribution in [3.05, 3.63) is 108 Å². The van der Waals surface area contributed by atoms with E-state index in [9.17, 15) is 9.90 Å². The number of anilines is 2. The van der Waals surface area contributed by atoms with E-state index >= 15 is 0 Å². The normalized spacial score (nSPS) is 11.1. The molecular formula is C40H48N4O3. The molecule has 0 saturated heterocycles. The van der Waals surface area contributed by atoms with Gasteiger partial charge >= 0.3 is 6.16 Å². The molecule has 0 spiro atoms. The number of aromatic nitrogens is 2. The van der Waals surface area contributed by atoms with Crippen molar-refractivity contribution in [2.24, 2.45) is 0 Å². The zero-order valence-electron chi connectivity index (χ0n) is 27.8. The summed E-state index contributed by atoms with van der Waals surface area (Å²) in [4.78, 5) is 18.9. The lowest BCUT2D eigenvalue weighted by molar-refractivity contribution is 0.144. The predicted molar refractivity (Wildman–Crippen MR) is 194 cm³/mol. The van der Waals surface area contributed by atoms with Crippen molar-refractivity contribution in [1.29, 1.82) is 0 Å². The fourth-order valence-electron chi connectivity index (χ4n) is 6.06. The van der Waals surface area contributed by atoms with Crippen LogP contribution in [0, 0.1) is 0 Å². The Morgan fingerprint density at radius 3 is 2.30 bits per heavy atom. The molecule has 0 amide bonds. The first-order valence-electron chi connectivity index (χ1n) is 17.2. The van der Waals surface area contributed by atoms with Crippen LogP contribution in [0.5, 0.6) is 5.75 Å². The maximum absolute atomic E-state index is 11.2. The topological polar surface area (TPSA) is 79.6 Å². The number of benzene rings is 4. The summed E-state index contributed by atoms with van der Waals surface area (Å²) in [7, 11) is 0. The van der Waals surface area contributed by atoms with Gasteiger partial charge in [-0.25, -0.2) is 9.78 Å². The number of nitrogens with zero attached hydrogens (tertiary/aromatic N) is 3. The molecule has 2 N–H and O–H groups in total. The lowest BCUT2D eigenvalue weighted by Gasteiger charge is -2.25. The van der Waals surface area contributed by atoms with Gasteiger partial charge in [0.15, 0.2) is 0 Å². The number of carboxylic acid groups (broad SMARTS) is 1. The first-order chi connectivity index (χ1) is 23.1. The summed E-state index contributed by atoms with van der Waals surface area (Å²) in [6.45, 7) is 8.24. The zero-order chi connectivity index (χ0) is 32.8. The molecule has 0 bridgehead atoms. The van der Waals surface area contributed by atoms with Crippen molar-refractivity contribution < 1.29 is 14.6 Å². The van der Waals surface area contributed by atoms with Crippen LogP contribution < -0.4 is 15.0 Å². The number of rotatable bonds is 18. The first-order valence-corrected chi connectivity index (χ1v) is 17.2. The molecule has 0 aliphatic heterocycles. The van der Waals surface area contributed by atoms with E-state index in [-0.39, 0.29) is 0 Å². The number of aryl methyl sites for hydroxylation is 1. The summed E-state index contributed by atoms with van der Waals surface area (Å²) >= 11 is 0. The lowest BCUT2D eigenvalue weighted by Crippen LogP contribution is -2.26. The van der Waals surface area contributed by atoms with E-state index in [1.165, 1.54) is 41.7 Å². The highest BCUT2D eigenvalue weighted by atomic mass is 16.7. The zero-order valence-corrected chi connectivity index (χ0v) is 27.8. The van der Waals surface area contributed by atoms with Crippen molar-refractivity contribution in [2.75, 3.05) is 29.9 Å². The van der Waals surface area contributed by atoms with Gasteiger partial charge in [0.25, 0.3) is 0 Å². The molecule has 7 heteroatoms. The summed E-state index contributed by atoms with van der Waals surface area (Å²) < 4.78 is 7.42. The molecule has 7 nitrogen and oxygen atoms in total. The lowest BCUT2D eigenvalue weighted by atomic mass is 10.0. The van der Waals surface area contributed by atoms with Crippen LogP contribution in [-0.4, -0.2) is 40.4 Å². The third-order valence-electron chi connectivity index (χ3n) is 8.61. The molecule has 0 atom stereocenters. The minimum atomic E-state index is -1.32. The van der Waals surface area contributed by atoms with E-state index in [0.717, 1.165) is 74.2 Å². The van der Waals surface area contributed by atoms with Crippen molar-refractivity contribution in [3.63, 3.8) is 0 Å². The van der Waals surface area contributed by atoms with Gasteiger partial charge in [-0.05, 0) is 73.2 Å². The molecule has 246 valence electrons. The molecule has 4 aromatic carbocycles. The SMILES string of the molecule is CCCCCN(CCCCNc1ccccc1)c1ccc2nc(CCCC)n(Cc3ccc(-c4ccccc4OC(=O)O)cc3)c2c1. The quantitative estimate of drug-likeness (QED) is 0.0569. The molecule has 1 aromatic heterocycles. The maximum atomic E-state index is 11.2. The predicted octanol–water partition coefficient (Wildman–Crippen LogP) is 10.0. The molecule has 1 heterocycles. The number of carbonyl (C=O) groups is 1. The van der Waals surface area contributed by atoms with Gasteiger partial charge in [-0.3, -0.25) is 0 Å². The Morgan fingerprint density at radius 2 is 1.55 bits per heavy atom. The van der Waals surface area contributed by atoms with Gasteiger partial charge in [0.05, 0.1) is 11.0 Å². The minimum absolute atomic E-state index is 0.332. The van der Waals surface area contributed by atoms with Crippen LogP contribution in [0.4, 0.5) is 16.2 Å². The smallest absolute Gasteiger partial charge is 0.449 e. The van der Waals surface area contributed by atoms with Gasteiger partial charge in [0, 0.05) is 49.5 Å². The van der Waals surface area contributed by atoms with Crippen LogP contribution in [-0.2, 0) is 13.0 Å². The fourth-order valence-corrected chi connectivity index (χ4v) is 6.06. The van der Waals surface area contributed by atoms with Gasteiger partial charge in [0.1, 0.15) is 11.6 Å². The number of ether oxygens (including phenoxy) is 1. The highest BCUT2D eigenvalue weighted by molar-refractivity contribution is 5.81. The average molecular weight is 633 g/mol. The number of hydrogen-bond acceptors (Lipinski definition) is 5. The monoisotopic (exact) mass is 632 g/mol. The van der Waals surface area contributed by atoms with Gasteiger partial charge in [-0.2, -0.15) is 0 Å². The molecule has 5 aromatic rings. The number of fused-ring (bicyclic) bond motifs is 1. The number of nitrogens with one attached hydrogen (secondary N) is 1. The molecule has 5 rings (SSSR count). The molecule has 0 saturated carbocycles. The van der Waals surface area contributed by atoms with Crippen LogP contribution >= 0.6 is 0 Å². The van der Waals surface area contributed by atoms with Crippen molar-refractivity contribution in [2.45, 2.75) is 71.8 Å². The maximum Gasteiger partial charge on any atom is 0.511 e. The molecule has 0 radical (unpaired) electrons.